The summed E-state index contributed by atoms with van der Waals surface area (Å²) in [6.45, 7) is 2.11. The van der Waals surface area contributed by atoms with Crippen molar-refractivity contribution in [3.05, 3.63) is 34.7 Å². The van der Waals surface area contributed by atoms with Gasteiger partial charge in [0.05, 0.1) is 4.91 Å². The third-order valence-electron chi connectivity index (χ3n) is 3.53. The number of nitrogens with zero attached hydrogens (tertiary/aromatic N) is 2. The van der Waals surface area contributed by atoms with Crippen molar-refractivity contribution in [1.82, 2.24) is 10.2 Å². The van der Waals surface area contributed by atoms with E-state index in [4.69, 9.17) is 10.00 Å². The van der Waals surface area contributed by atoms with Crippen LogP contribution in [0.5, 0.6) is 5.75 Å². The van der Waals surface area contributed by atoms with Crippen LogP contribution in [0.15, 0.2) is 29.2 Å². The minimum atomic E-state index is -0.513. The van der Waals surface area contributed by atoms with Crippen molar-refractivity contribution in [3.63, 3.8) is 0 Å². The van der Waals surface area contributed by atoms with E-state index in [9.17, 15) is 14.4 Å². The SMILES string of the molecule is CCCCNC(=O)CN1C(=O)S/C(=C\c2ccccc2OCC#N)C1=O. The summed E-state index contributed by atoms with van der Waals surface area (Å²) < 4.78 is 5.32. The number of ether oxygens (including phenoxy) is 1. The molecule has 0 radical (unpaired) electrons. The Bertz CT molecular complexity index is 770. The molecule has 1 N–H and O–H groups in total. The van der Waals surface area contributed by atoms with Gasteiger partial charge in [-0.15, -0.1) is 0 Å². The number of thioether (sulfide) groups is 1. The second-order valence-corrected chi connectivity index (χ2v) is 6.45. The molecule has 7 nitrogen and oxygen atoms in total. The Balaban J connectivity index is 2.10. The largest absolute Gasteiger partial charge is 0.478 e. The first-order chi connectivity index (χ1) is 12.6. The molecule has 0 atom stereocenters. The van der Waals surface area contributed by atoms with E-state index in [0.29, 0.717) is 17.9 Å². The number of amides is 3. The molecule has 3 amide bonds. The van der Waals surface area contributed by atoms with Crippen LogP contribution < -0.4 is 10.1 Å². The van der Waals surface area contributed by atoms with Crippen LogP contribution in [0.2, 0.25) is 0 Å². The van der Waals surface area contributed by atoms with E-state index in [1.807, 2.05) is 13.0 Å². The van der Waals surface area contributed by atoms with E-state index < -0.39 is 11.1 Å². The number of para-hydroxylation sites is 1. The maximum atomic E-state index is 12.5. The highest BCUT2D eigenvalue weighted by Gasteiger charge is 2.36. The molecule has 0 spiro atoms. The summed E-state index contributed by atoms with van der Waals surface area (Å²) in [5.41, 5.74) is 0.584. The van der Waals surface area contributed by atoms with Crippen LogP contribution in [0.25, 0.3) is 6.08 Å². The number of nitriles is 1. The maximum absolute atomic E-state index is 12.5. The Kier molecular flexibility index (Phi) is 7.24. The molecule has 1 aromatic rings. The molecular formula is C18H19N3O4S. The third kappa shape index (κ3) is 5.10. The van der Waals surface area contributed by atoms with Gasteiger partial charge < -0.3 is 10.1 Å². The van der Waals surface area contributed by atoms with Crippen LogP contribution in [-0.2, 0) is 9.59 Å². The van der Waals surface area contributed by atoms with E-state index in [1.165, 1.54) is 6.08 Å². The zero-order valence-corrected chi connectivity index (χ0v) is 15.2. The molecule has 2 rings (SSSR count). The second-order valence-electron chi connectivity index (χ2n) is 5.46. The number of benzene rings is 1. The zero-order chi connectivity index (χ0) is 18.9. The number of hydrogen-bond acceptors (Lipinski definition) is 6. The summed E-state index contributed by atoms with van der Waals surface area (Å²) in [4.78, 5) is 37.5. The molecule has 1 aliphatic rings. The second kappa shape index (κ2) is 9.63. The first kappa shape index (κ1) is 19.5. The van der Waals surface area contributed by atoms with E-state index in [0.717, 1.165) is 29.5 Å². The van der Waals surface area contributed by atoms with Crippen LogP contribution >= 0.6 is 11.8 Å². The molecule has 8 heteroatoms. The lowest BCUT2D eigenvalue weighted by molar-refractivity contribution is -0.129. The van der Waals surface area contributed by atoms with Crippen molar-refractivity contribution < 1.29 is 19.1 Å². The average Bonchev–Trinajstić information content (AvgIpc) is 2.88. The average molecular weight is 373 g/mol. The van der Waals surface area contributed by atoms with E-state index in [1.54, 1.807) is 24.3 Å². The molecule has 0 bridgehead atoms. The number of rotatable bonds is 8. The summed E-state index contributed by atoms with van der Waals surface area (Å²) in [7, 11) is 0. The van der Waals surface area contributed by atoms with E-state index in [2.05, 4.69) is 5.32 Å². The lowest BCUT2D eigenvalue weighted by atomic mass is 10.2. The van der Waals surface area contributed by atoms with Gasteiger partial charge in [0, 0.05) is 12.1 Å². The number of carbonyl (C=O) groups is 3. The van der Waals surface area contributed by atoms with E-state index in [-0.39, 0.29) is 24.0 Å². The van der Waals surface area contributed by atoms with Crippen LogP contribution in [0.1, 0.15) is 25.3 Å². The smallest absolute Gasteiger partial charge is 0.294 e. The van der Waals surface area contributed by atoms with Crippen LogP contribution in [0.3, 0.4) is 0 Å². The van der Waals surface area contributed by atoms with Gasteiger partial charge in [0.25, 0.3) is 11.1 Å². The quantitative estimate of drug-likeness (QED) is 0.555. The maximum Gasteiger partial charge on any atom is 0.294 e. The highest BCUT2D eigenvalue weighted by molar-refractivity contribution is 8.18. The summed E-state index contributed by atoms with van der Waals surface area (Å²) in [5, 5.41) is 10.8. The molecule has 1 fully saturated rings. The van der Waals surface area contributed by atoms with Gasteiger partial charge in [0.1, 0.15) is 18.4 Å². The fourth-order valence-corrected chi connectivity index (χ4v) is 3.05. The summed E-state index contributed by atoms with van der Waals surface area (Å²) >= 11 is 0.777. The predicted octanol–water partition coefficient (Wildman–Crippen LogP) is 2.54. The Morgan fingerprint density at radius 3 is 2.88 bits per heavy atom. The Morgan fingerprint density at radius 1 is 1.38 bits per heavy atom. The van der Waals surface area contributed by atoms with Crippen molar-refractivity contribution in [2.75, 3.05) is 19.7 Å². The number of carbonyl (C=O) groups excluding carboxylic acids is 3. The standard InChI is InChI=1S/C18H19N3O4S/c1-2-3-9-20-16(22)12-21-17(23)15(26-18(21)24)11-13-6-4-5-7-14(13)25-10-8-19/h4-7,11H,2-3,9-10,12H2,1H3,(H,20,22)/b15-11-. The van der Waals surface area contributed by atoms with E-state index >= 15 is 0 Å². The highest BCUT2D eigenvalue weighted by atomic mass is 32.2. The fourth-order valence-electron chi connectivity index (χ4n) is 2.22. The topological polar surface area (TPSA) is 99.5 Å². The molecular weight excluding hydrogens is 354 g/mol. The molecule has 0 unspecified atom stereocenters. The fraction of sp³-hybridized carbons (Fsp3) is 0.333. The van der Waals surface area contributed by atoms with Gasteiger partial charge in [0.2, 0.25) is 5.91 Å². The van der Waals surface area contributed by atoms with Crippen molar-refractivity contribution >= 4 is 34.9 Å². The Labute approximate surface area is 156 Å². The summed E-state index contributed by atoms with van der Waals surface area (Å²) in [6.07, 6.45) is 3.32. The normalized spacial score (nSPS) is 15.2. The summed E-state index contributed by atoms with van der Waals surface area (Å²) in [6, 6.07) is 8.78. The monoisotopic (exact) mass is 373 g/mol. The lowest BCUT2D eigenvalue weighted by Gasteiger charge is -2.12. The van der Waals surface area contributed by atoms with Gasteiger partial charge in [0.15, 0.2) is 6.61 Å². The van der Waals surface area contributed by atoms with Gasteiger partial charge in [-0.3, -0.25) is 19.3 Å². The highest BCUT2D eigenvalue weighted by Crippen LogP contribution is 2.33. The molecule has 1 aliphatic heterocycles. The van der Waals surface area contributed by atoms with Crippen molar-refractivity contribution in [2.24, 2.45) is 0 Å². The Hall–Kier alpha value is -2.79. The lowest BCUT2D eigenvalue weighted by Crippen LogP contribution is -2.39. The molecule has 0 saturated carbocycles. The third-order valence-corrected chi connectivity index (χ3v) is 4.43. The molecule has 26 heavy (non-hydrogen) atoms. The van der Waals surface area contributed by atoms with Crippen molar-refractivity contribution in [3.8, 4) is 11.8 Å². The Morgan fingerprint density at radius 2 is 2.15 bits per heavy atom. The van der Waals surface area contributed by atoms with Crippen LogP contribution in [0.4, 0.5) is 4.79 Å². The van der Waals surface area contributed by atoms with Gasteiger partial charge in [-0.25, -0.2) is 0 Å². The van der Waals surface area contributed by atoms with Crippen molar-refractivity contribution in [1.29, 1.82) is 5.26 Å². The number of imide groups is 1. The van der Waals surface area contributed by atoms with Crippen LogP contribution in [0, 0.1) is 11.3 Å². The number of nitrogens with one attached hydrogen (secondary N) is 1. The first-order valence-corrected chi connectivity index (χ1v) is 8.99. The van der Waals surface area contributed by atoms with Gasteiger partial charge in [-0.1, -0.05) is 31.5 Å². The van der Waals surface area contributed by atoms with Gasteiger partial charge >= 0.3 is 0 Å². The zero-order valence-electron chi connectivity index (χ0n) is 14.4. The van der Waals surface area contributed by atoms with Crippen LogP contribution in [-0.4, -0.2) is 41.6 Å². The predicted molar refractivity (Wildman–Crippen MR) is 98.1 cm³/mol. The number of unbranched alkanes of at least 4 members (excludes halogenated alkanes) is 1. The molecule has 1 aromatic carbocycles. The molecule has 1 heterocycles. The number of hydrogen-bond donors (Lipinski definition) is 1. The van der Waals surface area contributed by atoms with Gasteiger partial charge in [-0.05, 0) is 30.3 Å². The van der Waals surface area contributed by atoms with Crippen molar-refractivity contribution in [2.45, 2.75) is 19.8 Å². The minimum absolute atomic E-state index is 0.121. The minimum Gasteiger partial charge on any atom is -0.478 e. The molecule has 1 saturated heterocycles. The first-order valence-electron chi connectivity index (χ1n) is 8.17. The summed E-state index contributed by atoms with van der Waals surface area (Å²) in [5.74, 6) is -0.432. The molecule has 0 aliphatic carbocycles. The molecule has 0 aromatic heterocycles. The molecule has 136 valence electrons. The van der Waals surface area contributed by atoms with Gasteiger partial charge in [-0.2, -0.15) is 5.26 Å².